The van der Waals surface area contributed by atoms with Gasteiger partial charge in [0.2, 0.25) is 0 Å². The highest BCUT2D eigenvalue weighted by Crippen LogP contribution is 2.43. The van der Waals surface area contributed by atoms with Gasteiger partial charge in [-0.1, -0.05) is 18.2 Å². The Labute approximate surface area is 137 Å². The number of nitrogen functional groups attached to an aromatic ring is 1. The van der Waals surface area contributed by atoms with Crippen molar-refractivity contribution >= 4 is 28.4 Å². The Morgan fingerprint density at radius 2 is 1.95 bits per heavy atom. The van der Waals surface area contributed by atoms with Crippen molar-refractivity contribution in [2.24, 2.45) is 0 Å². The maximum absolute atomic E-state index is 6.12. The summed E-state index contributed by atoms with van der Waals surface area (Å²) in [6.07, 6.45) is 3.34. The van der Waals surface area contributed by atoms with Crippen molar-refractivity contribution in [3.8, 4) is 5.75 Å². The number of hydrogen-bond donors (Lipinski definition) is 1. The van der Waals surface area contributed by atoms with Gasteiger partial charge in [-0.2, -0.15) is 0 Å². The van der Waals surface area contributed by atoms with Crippen molar-refractivity contribution in [1.82, 2.24) is 9.97 Å². The normalized spacial score (nSPS) is 20.7. The van der Waals surface area contributed by atoms with Gasteiger partial charge in [-0.25, -0.2) is 9.97 Å². The topological polar surface area (TPSA) is 61.0 Å². The molecule has 2 aliphatic rings. The predicted molar refractivity (Wildman–Crippen MR) is 89.5 cm³/mol. The van der Waals surface area contributed by atoms with E-state index in [0.29, 0.717) is 18.3 Å². The zero-order chi connectivity index (χ0) is 14.4. The molecule has 4 rings (SSSR count). The molecule has 0 bridgehead atoms. The molecule has 1 aliphatic carbocycles. The average molecular weight is 393 g/mol. The number of nitrogens with zero attached hydrogens (tertiary/aromatic N) is 2. The van der Waals surface area contributed by atoms with Gasteiger partial charge in [0, 0.05) is 11.5 Å². The van der Waals surface area contributed by atoms with Crippen LogP contribution in [0.1, 0.15) is 48.2 Å². The van der Waals surface area contributed by atoms with E-state index in [4.69, 9.17) is 15.5 Å². The first kappa shape index (κ1) is 13.3. The number of para-hydroxylation sites is 1. The molecule has 0 radical (unpaired) electrons. The Balaban J connectivity index is 1.81. The van der Waals surface area contributed by atoms with Crippen LogP contribution < -0.4 is 10.5 Å². The van der Waals surface area contributed by atoms with Gasteiger partial charge in [0.15, 0.2) is 0 Å². The third-order valence-electron chi connectivity index (χ3n) is 4.15. The molecule has 2 heterocycles. The van der Waals surface area contributed by atoms with E-state index in [1.54, 1.807) is 0 Å². The third-order valence-corrected chi connectivity index (χ3v) is 5.26. The number of fused-ring (bicyclic) bond motifs is 1. The molecular formula is C16H16IN3O. The minimum Gasteiger partial charge on any atom is -0.493 e. The van der Waals surface area contributed by atoms with E-state index >= 15 is 0 Å². The summed E-state index contributed by atoms with van der Waals surface area (Å²) in [5.41, 5.74) is 8.44. The minimum atomic E-state index is 0.187. The molecule has 2 aromatic rings. The number of hydrogen-bond acceptors (Lipinski definition) is 4. The molecule has 0 spiro atoms. The summed E-state index contributed by atoms with van der Waals surface area (Å²) in [5, 5.41) is 0. The van der Waals surface area contributed by atoms with Crippen molar-refractivity contribution < 1.29 is 4.74 Å². The van der Waals surface area contributed by atoms with Crippen LogP contribution in [0.3, 0.4) is 0 Å². The smallest absolute Gasteiger partial charge is 0.140 e. The molecule has 0 amide bonds. The first-order chi connectivity index (χ1) is 10.2. The number of rotatable bonds is 2. The van der Waals surface area contributed by atoms with E-state index in [1.807, 2.05) is 18.2 Å². The summed E-state index contributed by atoms with van der Waals surface area (Å²) in [7, 11) is 0. The Hall–Kier alpha value is -1.37. The summed E-state index contributed by atoms with van der Waals surface area (Å²) in [5.74, 6) is 3.18. The van der Waals surface area contributed by atoms with Gasteiger partial charge >= 0.3 is 0 Å². The first-order valence-electron chi connectivity index (χ1n) is 7.28. The van der Waals surface area contributed by atoms with Gasteiger partial charge in [0.25, 0.3) is 0 Å². The van der Waals surface area contributed by atoms with Crippen molar-refractivity contribution in [3.63, 3.8) is 0 Å². The van der Waals surface area contributed by atoms with Gasteiger partial charge in [0.1, 0.15) is 17.4 Å². The Morgan fingerprint density at radius 3 is 2.76 bits per heavy atom. The van der Waals surface area contributed by atoms with E-state index in [0.717, 1.165) is 27.3 Å². The van der Waals surface area contributed by atoms with Crippen molar-refractivity contribution in [1.29, 1.82) is 0 Å². The second-order valence-corrected chi connectivity index (χ2v) is 6.75. The van der Waals surface area contributed by atoms with Gasteiger partial charge in [0.05, 0.1) is 21.8 Å². The molecule has 1 atom stereocenters. The Bertz CT molecular complexity index is 700. The van der Waals surface area contributed by atoms with Gasteiger partial charge in [-0.05, 0) is 47.9 Å². The lowest BCUT2D eigenvalue weighted by Crippen LogP contribution is -2.19. The fourth-order valence-corrected chi connectivity index (χ4v) is 3.58. The number of benzene rings is 1. The number of ether oxygens (including phenoxy) is 1. The molecular weight excluding hydrogens is 377 g/mol. The molecule has 5 heteroatoms. The first-order valence-corrected chi connectivity index (χ1v) is 8.36. The Morgan fingerprint density at radius 1 is 1.14 bits per heavy atom. The molecule has 0 saturated heterocycles. The largest absolute Gasteiger partial charge is 0.493 e. The lowest BCUT2D eigenvalue weighted by molar-refractivity contribution is 0.274. The van der Waals surface area contributed by atoms with Crippen LogP contribution in [-0.2, 0) is 0 Å². The maximum atomic E-state index is 6.12. The van der Waals surface area contributed by atoms with Crippen molar-refractivity contribution in [2.45, 2.75) is 31.1 Å². The lowest BCUT2D eigenvalue weighted by Gasteiger charge is -2.25. The fraction of sp³-hybridized carbons (Fsp3) is 0.375. The summed E-state index contributed by atoms with van der Waals surface area (Å²) in [6.45, 7) is 0.704. The molecule has 1 unspecified atom stereocenters. The summed E-state index contributed by atoms with van der Waals surface area (Å²) < 4.78 is 6.76. The fourth-order valence-electron chi connectivity index (χ4n) is 2.89. The molecule has 2 N–H and O–H groups in total. The van der Waals surface area contributed by atoms with Crippen LogP contribution in [0.15, 0.2) is 24.3 Å². The summed E-state index contributed by atoms with van der Waals surface area (Å²) >= 11 is 2.27. The highest BCUT2D eigenvalue weighted by atomic mass is 127. The van der Waals surface area contributed by atoms with Crippen LogP contribution >= 0.6 is 22.6 Å². The van der Waals surface area contributed by atoms with Crippen LogP contribution in [-0.4, -0.2) is 16.6 Å². The van der Waals surface area contributed by atoms with Crippen LogP contribution in [0.4, 0.5) is 5.82 Å². The minimum absolute atomic E-state index is 0.187. The van der Waals surface area contributed by atoms with E-state index in [1.165, 1.54) is 18.4 Å². The van der Waals surface area contributed by atoms with Gasteiger partial charge in [-0.3, -0.25) is 0 Å². The number of anilines is 1. The van der Waals surface area contributed by atoms with E-state index < -0.39 is 0 Å². The van der Waals surface area contributed by atoms with E-state index in [-0.39, 0.29) is 5.92 Å². The number of nitrogens with two attached hydrogens (primary N) is 1. The quantitative estimate of drug-likeness (QED) is 0.795. The van der Waals surface area contributed by atoms with Gasteiger partial charge in [-0.15, -0.1) is 0 Å². The zero-order valence-electron chi connectivity index (χ0n) is 11.6. The van der Waals surface area contributed by atoms with Crippen molar-refractivity contribution in [3.05, 3.63) is 44.9 Å². The molecule has 21 heavy (non-hydrogen) atoms. The predicted octanol–water partition coefficient (Wildman–Crippen LogP) is 3.46. The van der Waals surface area contributed by atoms with Crippen LogP contribution in [0.5, 0.6) is 5.75 Å². The highest BCUT2D eigenvalue weighted by Gasteiger charge is 2.31. The maximum Gasteiger partial charge on any atom is 0.140 e. The van der Waals surface area contributed by atoms with Gasteiger partial charge < -0.3 is 10.5 Å². The zero-order valence-corrected chi connectivity index (χ0v) is 13.7. The second kappa shape index (κ2) is 5.12. The van der Waals surface area contributed by atoms with Crippen LogP contribution in [0, 0.1) is 3.57 Å². The molecule has 1 fully saturated rings. The van der Waals surface area contributed by atoms with Crippen LogP contribution in [0.2, 0.25) is 0 Å². The summed E-state index contributed by atoms with van der Waals surface area (Å²) in [6, 6.07) is 8.16. The monoisotopic (exact) mass is 393 g/mol. The summed E-state index contributed by atoms with van der Waals surface area (Å²) in [4.78, 5) is 9.43. The van der Waals surface area contributed by atoms with Crippen LogP contribution in [0.25, 0.3) is 0 Å². The Kier molecular flexibility index (Phi) is 3.24. The van der Waals surface area contributed by atoms with Crippen molar-refractivity contribution in [2.75, 3.05) is 12.3 Å². The number of aromatic nitrogens is 2. The SMILES string of the molecule is Nc1nc(C2CCOc3ccccc32)nc(C2CC2)c1I. The molecule has 1 aromatic carbocycles. The van der Waals surface area contributed by atoms with E-state index in [2.05, 4.69) is 33.6 Å². The molecule has 4 nitrogen and oxygen atoms in total. The number of halogens is 1. The highest BCUT2D eigenvalue weighted by molar-refractivity contribution is 14.1. The van der Waals surface area contributed by atoms with E-state index in [9.17, 15) is 0 Å². The molecule has 1 saturated carbocycles. The lowest BCUT2D eigenvalue weighted by atomic mass is 9.92. The second-order valence-electron chi connectivity index (χ2n) is 5.67. The molecule has 1 aromatic heterocycles. The molecule has 1 aliphatic heterocycles. The average Bonchev–Trinajstić information content (AvgIpc) is 3.34. The standard InChI is InChI=1S/C16H16IN3O/c17-13-14(9-5-6-9)19-16(20-15(13)18)11-7-8-21-12-4-2-1-3-10(11)12/h1-4,9,11H,5-8H2,(H2,18,19,20). The molecule has 108 valence electrons. The third kappa shape index (κ3) is 2.37.